The number of nitrogens with zero attached hydrogens (tertiary/aromatic N) is 4. The molecule has 0 bridgehead atoms. The Morgan fingerprint density at radius 2 is 2.09 bits per heavy atom. The molecule has 0 aromatic carbocycles. The first-order valence-electron chi connectivity index (χ1n) is 7.21. The van der Waals surface area contributed by atoms with Gasteiger partial charge in [0, 0.05) is 6.04 Å². The summed E-state index contributed by atoms with van der Waals surface area (Å²) < 4.78 is 6.97. The van der Waals surface area contributed by atoms with Crippen LogP contribution in [0.4, 0.5) is 5.82 Å². The summed E-state index contributed by atoms with van der Waals surface area (Å²) in [7, 11) is 0. The van der Waals surface area contributed by atoms with E-state index in [4.69, 9.17) is 16.3 Å². The highest BCUT2D eigenvalue weighted by Crippen LogP contribution is 2.32. The minimum Gasteiger partial charge on any atom is -0.394 e. The van der Waals surface area contributed by atoms with Gasteiger partial charge >= 0.3 is 0 Å². The molecule has 23 heavy (non-hydrogen) atoms. The number of imidazole rings is 1. The molecule has 3 heterocycles. The van der Waals surface area contributed by atoms with Gasteiger partial charge in [0.05, 0.1) is 12.9 Å². The van der Waals surface area contributed by atoms with E-state index in [1.807, 2.05) is 13.8 Å². The van der Waals surface area contributed by atoms with E-state index in [-0.39, 0.29) is 11.3 Å². The molecule has 0 saturated carbocycles. The molecule has 0 amide bonds. The molecule has 9 nitrogen and oxygen atoms in total. The topological polar surface area (TPSA) is 126 Å². The van der Waals surface area contributed by atoms with Crippen molar-refractivity contribution in [1.29, 1.82) is 0 Å². The van der Waals surface area contributed by atoms with Crippen LogP contribution in [-0.2, 0) is 4.74 Å². The molecule has 0 radical (unpaired) electrons. The summed E-state index contributed by atoms with van der Waals surface area (Å²) in [6, 6.07) is 0.114. The maximum atomic E-state index is 10.1. The number of aliphatic hydroxyl groups is 3. The lowest BCUT2D eigenvalue weighted by atomic mass is 10.1. The Hall–Kier alpha value is -1.52. The summed E-state index contributed by atoms with van der Waals surface area (Å²) in [5.74, 6) is 0.473. The van der Waals surface area contributed by atoms with E-state index in [1.54, 1.807) is 0 Å². The molecule has 0 aliphatic carbocycles. The summed E-state index contributed by atoms with van der Waals surface area (Å²) in [6.45, 7) is 3.49. The molecule has 4 N–H and O–H groups in total. The van der Waals surface area contributed by atoms with Crippen LogP contribution in [0, 0.1) is 0 Å². The fraction of sp³-hybridized carbons (Fsp3) is 0.615. The van der Waals surface area contributed by atoms with Gasteiger partial charge in [0.15, 0.2) is 23.2 Å². The molecule has 10 heteroatoms. The van der Waals surface area contributed by atoms with Crippen molar-refractivity contribution in [1.82, 2.24) is 19.5 Å². The van der Waals surface area contributed by atoms with Crippen LogP contribution >= 0.6 is 11.6 Å². The van der Waals surface area contributed by atoms with Gasteiger partial charge < -0.3 is 25.4 Å². The fourth-order valence-electron chi connectivity index (χ4n) is 2.56. The summed E-state index contributed by atoms with van der Waals surface area (Å²) in [5, 5.41) is 32.4. The minimum atomic E-state index is -1.22. The molecule has 2 aromatic rings. The number of aliphatic hydroxyl groups excluding tert-OH is 3. The summed E-state index contributed by atoms with van der Waals surface area (Å²) in [4.78, 5) is 12.5. The van der Waals surface area contributed by atoms with Crippen LogP contribution in [0.2, 0.25) is 5.28 Å². The Balaban J connectivity index is 2.04. The first-order chi connectivity index (χ1) is 10.9. The second kappa shape index (κ2) is 6.17. The molecular weight excluding hydrogens is 326 g/mol. The van der Waals surface area contributed by atoms with Gasteiger partial charge in [0.25, 0.3) is 0 Å². The average Bonchev–Trinajstić information content (AvgIpc) is 3.01. The molecule has 1 unspecified atom stereocenters. The lowest BCUT2D eigenvalue weighted by Gasteiger charge is -2.17. The zero-order chi connectivity index (χ0) is 16.7. The van der Waals surface area contributed by atoms with Gasteiger partial charge in [-0.25, -0.2) is 4.98 Å². The highest BCUT2D eigenvalue weighted by molar-refractivity contribution is 6.28. The molecule has 1 aliphatic heterocycles. The normalized spacial score (nSPS) is 28.0. The second-order valence-electron chi connectivity index (χ2n) is 5.69. The highest BCUT2D eigenvalue weighted by atomic mass is 35.5. The third-order valence-electron chi connectivity index (χ3n) is 3.61. The molecule has 1 saturated heterocycles. The number of hydrogen-bond acceptors (Lipinski definition) is 8. The lowest BCUT2D eigenvalue weighted by Crippen LogP contribution is -2.33. The molecule has 126 valence electrons. The van der Waals surface area contributed by atoms with Crippen molar-refractivity contribution in [2.45, 2.75) is 44.4 Å². The highest BCUT2D eigenvalue weighted by Gasteiger charge is 2.44. The van der Waals surface area contributed by atoms with Crippen LogP contribution in [0.25, 0.3) is 11.2 Å². The van der Waals surface area contributed by atoms with Crippen molar-refractivity contribution < 1.29 is 20.1 Å². The van der Waals surface area contributed by atoms with Gasteiger partial charge in [-0.05, 0) is 25.4 Å². The Bertz CT molecular complexity index is 709. The number of fused-ring (bicyclic) bond motifs is 1. The third-order valence-corrected chi connectivity index (χ3v) is 3.78. The SMILES string of the molecule is CC(C)Nc1nc(Cl)nc2c1ncn2[C@@H]1O[C@H](CO)[C@H](O)C1O. The van der Waals surface area contributed by atoms with Gasteiger partial charge in [-0.1, -0.05) is 0 Å². The largest absolute Gasteiger partial charge is 0.394 e. The predicted octanol–water partition coefficient (Wildman–Crippen LogP) is -0.0885. The van der Waals surface area contributed by atoms with E-state index >= 15 is 0 Å². The van der Waals surface area contributed by atoms with Gasteiger partial charge in [-0.15, -0.1) is 0 Å². The van der Waals surface area contributed by atoms with Crippen LogP contribution in [0.5, 0.6) is 0 Å². The van der Waals surface area contributed by atoms with E-state index in [1.165, 1.54) is 10.9 Å². The molecule has 3 rings (SSSR count). The van der Waals surface area contributed by atoms with Crippen LogP contribution < -0.4 is 5.32 Å². The zero-order valence-corrected chi connectivity index (χ0v) is 13.3. The first kappa shape index (κ1) is 16.3. The number of ether oxygens (including phenoxy) is 1. The second-order valence-corrected chi connectivity index (χ2v) is 6.03. The van der Waals surface area contributed by atoms with E-state index in [2.05, 4.69) is 20.3 Å². The van der Waals surface area contributed by atoms with Crippen molar-refractivity contribution in [3.63, 3.8) is 0 Å². The number of rotatable bonds is 4. The minimum absolute atomic E-state index is 0.0224. The predicted molar refractivity (Wildman–Crippen MR) is 82.1 cm³/mol. The van der Waals surface area contributed by atoms with Crippen molar-refractivity contribution in [2.24, 2.45) is 0 Å². The van der Waals surface area contributed by atoms with Crippen LogP contribution in [-0.4, -0.2) is 65.8 Å². The number of hydrogen-bond donors (Lipinski definition) is 4. The van der Waals surface area contributed by atoms with Gasteiger partial charge in [-0.3, -0.25) is 4.57 Å². The van der Waals surface area contributed by atoms with Gasteiger partial charge in [0.1, 0.15) is 18.3 Å². The third kappa shape index (κ3) is 2.86. The average molecular weight is 344 g/mol. The van der Waals surface area contributed by atoms with Gasteiger partial charge in [0.2, 0.25) is 5.28 Å². The molecule has 0 spiro atoms. The maximum absolute atomic E-state index is 10.1. The van der Waals surface area contributed by atoms with Crippen molar-refractivity contribution in [3.05, 3.63) is 11.6 Å². The van der Waals surface area contributed by atoms with E-state index < -0.39 is 31.1 Å². The molecule has 4 atom stereocenters. The Labute approximate surface area is 136 Å². The quantitative estimate of drug-likeness (QED) is 0.568. The van der Waals surface area contributed by atoms with E-state index in [0.717, 1.165) is 0 Å². The van der Waals surface area contributed by atoms with Crippen LogP contribution in [0.15, 0.2) is 6.33 Å². The fourth-order valence-corrected chi connectivity index (χ4v) is 2.72. The maximum Gasteiger partial charge on any atom is 0.226 e. The Kier molecular flexibility index (Phi) is 4.39. The molecule has 2 aromatic heterocycles. The van der Waals surface area contributed by atoms with Crippen molar-refractivity contribution >= 4 is 28.6 Å². The first-order valence-corrected chi connectivity index (χ1v) is 7.59. The summed E-state index contributed by atoms with van der Waals surface area (Å²) in [6.07, 6.45) is -2.79. The number of aromatic nitrogens is 4. The van der Waals surface area contributed by atoms with Crippen LogP contribution in [0.1, 0.15) is 20.1 Å². The number of halogens is 1. The lowest BCUT2D eigenvalue weighted by molar-refractivity contribution is -0.0511. The molecule has 1 aliphatic rings. The smallest absolute Gasteiger partial charge is 0.226 e. The van der Waals surface area contributed by atoms with E-state index in [9.17, 15) is 15.3 Å². The molecular formula is C13H18ClN5O4. The molecule has 1 fully saturated rings. The van der Waals surface area contributed by atoms with Crippen molar-refractivity contribution in [2.75, 3.05) is 11.9 Å². The van der Waals surface area contributed by atoms with Gasteiger partial charge in [-0.2, -0.15) is 9.97 Å². The Morgan fingerprint density at radius 1 is 1.35 bits per heavy atom. The Morgan fingerprint density at radius 3 is 2.70 bits per heavy atom. The van der Waals surface area contributed by atoms with E-state index in [0.29, 0.717) is 17.0 Å². The summed E-state index contributed by atoms with van der Waals surface area (Å²) in [5.41, 5.74) is 0.837. The monoisotopic (exact) mass is 343 g/mol. The standard InChI is InChI=1S/C13H18ClN5O4/c1-5(2)16-10-7-11(18-13(14)17-10)19(4-15-7)12-9(22)8(21)6(3-20)23-12/h4-6,8-9,12,20-22H,3H2,1-2H3,(H,16,17,18)/t6-,8+,9?,12-/m1/s1. The van der Waals surface area contributed by atoms with Crippen LogP contribution in [0.3, 0.4) is 0 Å². The van der Waals surface area contributed by atoms with Crippen molar-refractivity contribution in [3.8, 4) is 0 Å². The number of anilines is 1. The zero-order valence-electron chi connectivity index (χ0n) is 12.6. The number of nitrogens with one attached hydrogen (secondary N) is 1. The summed E-state index contributed by atoms with van der Waals surface area (Å²) >= 11 is 5.97.